The molecule has 1 unspecified atom stereocenters. The number of fused-ring (bicyclic) bond motifs is 1. The summed E-state index contributed by atoms with van der Waals surface area (Å²) in [6.07, 6.45) is 0.436. The van der Waals surface area contributed by atoms with E-state index in [1.165, 1.54) is 0 Å². The van der Waals surface area contributed by atoms with Crippen LogP contribution in [-0.4, -0.2) is 13.0 Å². The molecular formula is C16H12BrCl2NO. The quantitative estimate of drug-likeness (QED) is 0.670. The summed E-state index contributed by atoms with van der Waals surface area (Å²) >= 11 is 16.0. The van der Waals surface area contributed by atoms with E-state index < -0.39 is 0 Å². The standard InChI is InChI=1S/C16H12BrCl2NO/c1-20-14-5-2-9(6-10(14)7-15(20)21)16(19)12-4-3-11(18)8-13(12)17/h2-6,8,16H,7H2,1H3. The third-order valence-corrected chi connectivity index (χ3v) is 5.12. The molecule has 0 N–H and O–H groups in total. The van der Waals surface area contributed by atoms with Gasteiger partial charge in [0.15, 0.2) is 0 Å². The van der Waals surface area contributed by atoms with Gasteiger partial charge in [0.1, 0.15) is 0 Å². The minimum absolute atomic E-state index is 0.112. The van der Waals surface area contributed by atoms with Crippen molar-refractivity contribution in [2.24, 2.45) is 0 Å². The Hall–Kier alpha value is -1.03. The van der Waals surface area contributed by atoms with Crippen LogP contribution in [0.3, 0.4) is 0 Å². The average Bonchev–Trinajstić information content (AvgIpc) is 2.73. The molecule has 2 aromatic carbocycles. The number of alkyl halides is 1. The second kappa shape index (κ2) is 5.64. The SMILES string of the molecule is CN1C(=O)Cc2cc(C(Cl)c3ccc(Cl)cc3Br)ccc21. The Morgan fingerprint density at radius 3 is 2.71 bits per heavy atom. The van der Waals surface area contributed by atoms with Crippen LogP contribution in [0.1, 0.15) is 22.1 Å². The molecule has 0 radical (unpaired) electrons. The minimum atomic E-state index is -0.289. The van der Waals surface area contributed by atoms with E-state index in [9.17, 15) is 4.79 Å². The predicted octanol–water partition coefficient (Wildman–Crippen LogP) is 4.95. The highest BCUT2D eigenvalue weighted by atomic mass is 79.9. The van der Waals surface area contributed by atoms with Crippen molar-refractivity contribution in [3.05, 3.63) is 62.6 Å². The summed E-state index contributed by atoms with van der Waals surface area (Å²) < 4.78 is 0.878. The third kappa shape index (κ3) is 2.70. The second-order valence-electron chi connectivity index (χ2n) is 5.05. The summed E-state index contributed by atoms with van der Waals surface area (Å²) in [7, 11) is 1.79. The summed E-state index contributed by atoms with van der Waals surface area (Å²) in [5.41, 5.74) is 3.92. The minimum Gasteiger partial charge on any atom is -0.315 e. The van der Waals surface area contributed by atoms with E-state index in [-0.39, 0.29) is 11.3 Å². The predicted molar refractivity (Wildman–Crippen MR) is 90.4 cm³/mol. The summed E-state index contributed by atoms with van der Waals surface area (Å²) in [4.78, 5) is 13.4. The lowest BCUT2D eigenvalue weighted by atomic mass is 10.0. The highest BCUT2D eigenvalue weighted by molar-refractivity contribution is 9.10. The number of carbonyl (C=O) groups is 1. The largest absolute Gasteiger partial charge is 0.315 e. The van der Waals surface area contributed by atoms with Gasteiger partial charge in [-0.1, -0.05) is 45.7 Å². The fraction of sp³-hybridized carbons (Fsp3) is 0.188. The van der Waals surface area contributed by atoms with Crippen LogP contribution in [0.2, 0.25) is 5.02 Å². The van der Waals surface area contributed by atoms with E-state index in [0.29, 0.717) is 11.4 Å². The first-order valence-corrected chi connectivity index (χ1v) is 8.06. The van der Waals surface area contributed by atoms with Crippen molar-refractivity contribution in [3.8, 4) is 0 Å². The van der Waals surface area contributed by atoms with Gasteiger partial charge in [-0.3, -0.25) is 4.79 Å². The second-order valence-corrected chi connectivity index (χ2v) is 6.77. The fourth-order valence-corrected chi connectivity index (χ4v) is 3.90. The first-order valence-electron chi connectivity index (χ1n) is 6.46. The molecule has 0 saturated heterocycles. The molecule has 0 aliphatic carbocycles. The highest BCUT2D eigenvalue weighted by Crippen LogP contribution is 2.38. The van der Waals surface area contributed by atoms with Crippen LogP contribution in [-0.2, 0) is 11.2 Å². The van der Waals surface area contributed by atoms with Crippen LogP contribution in [0.15, 0.2) is 40.9 Å². The number of nitrogens with zero attached hydrogens (tertiary/aromatic N) is 1. The van der Waals surface area contributed by atoms with Crippen molar-refractivity contribution in [3.63, 3.8) is 0 Å². The van der Waals surface area contributed by atoms with Crippen LogP contribution in [0, 0.1) is 0 Å². The molecule has 0 fully saturated rings. The van der Waals surface area contributed by atoms with Crippen molar-refractivity contribution < 1.29 is 4.79 Å². The third-order valence-electron chi connectivity index (χ3n) is 3.71. The van der Waals surface area contributed by atoms with Gasteiger partial charge in [0.25, 0.3) is 0 Å². The normalized spacial score (nSPS) is 15.2. The van der Waals surface area contributed by atoms with E-state index in [1.807, 2.05) is 36.4 Å². The average molecular weight is 385 g/mol. The summed E-state index contributed by atoms with van der Waals surface area (Å²) in [6.45, 7) is 0. The molecule has 5 heteroatoms. The van der Waals surface area contributed by atoms with Gasteiger partial charge >= 0.3 is 0 Å². The van der Waals surface area contributed by atoms with Crippen molar-refractivity contribution in [2.45, 2.75) is 11.8 Å². The van der Waals surface area contributed by atoms with E-state index >= 15 is 0 Å². The molecule has 1 aliphatic rings. The molecule has 2 nitrogen and oxygen atoms in total. The molecule has 1 heterocycles. The maximum absolute atomic E-state index is 11.7. The Morgan fingerprint density at radius 1 is 1.24 bits per heavy atom. The Bertz CT molecular complexity index is 732. The lowest BCUT2D eigenvalue weighted by Gasteiger charge is -2.15. The van der Waals surface area contributed by atoms with Crippen molar-refractivity contribution in [1.82, 2.24) is 0 Å². The smallest absolute Gasteiger partial charge is 0.231 e. The Kier molecular flexibility index (Phi) is 4.00. The first kappa shape index (κ1) is 14.9. The number of likely N-dealkylation sites (N-methyl/N-ethyl adjacent to an activating group) is 1. The number of rotatable bonds is 2. The number of amides is 1. The number of benzene rings is 2. The first-order chi connectivity index (χ1) is 9.97. The van der Waals surface area contributed by atoms with Crippen molar-refractivity contribution in [2.75, 3.05) is 11.9 Å². The van der Waals surface area contributed by atoms with Crippen LogP contribution in [0.5, 0.6) is 0 Å². The molecule has 1 aliphatic heterocycles. The van der Waals surface area contributed by atoms with Crippen LogP contribution >= 0.6 is 39.1 Å². The zero-order valence-corrected chi connectivity index (χ0v) is 14.3. The van der Waals surface area contributed by atoms with Gasteiger partial charge in [-0.2, -0.15) is 0 Å². The van der Waals surface area contributed by atoms with E-state index in [0.717, 1.165) is 26.9 Å². The van der Waals surface area contributed by atoms with Crippen molar-refractivity contribution >= 4 is 50.7 Å². The number of halogens is 3. The Labute approximate surface area is 141 Å². The molecule has 108 valence electrons. The summed E-state index contributed by atoms with van der Waals surface area (Å²) in [5.74, 6) is 0.112. The molecule has 0 bridgehead atoms. The maximum atomic E-state index is 11.7. The molecule has 1 atom stereocenters. The number of hydrogen-bond acceptors (Lipinski definition) is 1. The van der Waals surface area contributed by atoms with Gasteiger partial charge in [0.05, 0.1) is 11.8 Å². The molecule has 3 rings (SSSR count). The lowest BCUT2D eigenvalue weighted by Crippen LogP contribution is -2.20. The van der Waals surface area contributed by atoms with Crippen molar-refractivity contribution in [1.29, 1.82) is 0 Å². The molecular weight excluding hydrogens is 373 g/mol. The van der Waals surface area contributed by atoms with Gasteiger partial charge in [-0.25, -0.2) is 0 Å². The molecule has 0 spiro atoms. The fourth-order valence-electron chi connectivity index (χ4n) is 2.53. The van der Waals surface area contributed by atoms with Gasteiger partial charge in [-0.05, 0) is 34.9 Å². The molecule has 0 aromatic heterocycles. The highest BCUT2D eigenvalue weighted by Gasteiger charge is 2.25. The van der Waals surface area contributed by atoms with Gasteiger partial charge in [0.2, 0.25) is 5.91 Å². The van der Waals surface area contributed by atoms with Crippen LogP contribution in [0.25, 0.3) is 0 Å². The summed E-state index contributed by atoms with van der Waals surface area (Å²) in [5, 5.41) is 0.374. The zero-order chi connectivity index (χ0) is 15.1. The molecule has 21 heavy (non-hydrogen) atoms. The number of hydrogen-bond donors (Lipinski definition) is 0. The van der Waals surface area contributed by atoms with Gasteiger partial charge in [-0.15, -0.1) is 11.6 Å². The molecule has 1 amide bonds. The van der Waals surface area contributed by atoms with Crippen LogP contribution in [0.4, 0.5) is 5.69 Å². The zero-order valence-electron chi connectivity index (χ0n) is 11.2. The van der Waals surface area contributed by atoms with E-state index in [2.05, 4.69) is 15.9 Å². The Balaban J connectivity index is 1.98. The topological polar surface area (TPSA) is 20.3 Å². The monoisotopic (exact) mass is 383 g/mol. The lowest BCUT2D eigenvalue weighted by molar-refractivity contribution is -0.117. The molecule has 0 saturated carbocycles. The molecule has 2 aromatic rings. The maximum Gasteiger partial charge on any atom is 0.231 e. The van der Waals surface area contributed by atoms with E-state index in [1.54, 1.807) is 11.9 Å². The number of anilines is 1. The van der Waals surface area contributed by atoms with Crippen LogP contribution < -0.4 is 4.90 Å². The van der Waals surface area contributed by atoms with Gasteiger partial charge < -0.3 is 4.90 Å². The van der Waals surface area contributed by atoms with E-state index in [4.69, 9.17) is 23.2 Å². The van der Waals surface area contributed by atoms with Gasteiger partial charge in [0, 0.05) is 22.2 Å². The number of carbonyl (C=O) groups excluding carboxylic acids is 1. The summed E-state index contributed by atoms with van der Waals surface area (Å²) in [6, 6.07) is 11.5. The Morgan fingerprint density at radius 2 is 2.00 bits per heavy atom.